The summed E-state index contributed by atoms with van der Waals surface area (Å²) in [5, 5.41) is 24.2. The summed E-state index contributed by atoms with van der Waals surface area (Å²) >= 11 is 0. The van der Waals surface area contributed by atoms with E-state index in [9.17, 15) is 15.2 Å². The molecule has 0 spiro atoms. The second-order valence-electron chi connectivity index (χ2n) is 8.25. The van der Waals surface area contributed by atoms with Crippen molar-refractivity contribution in [1.82, 2.24) is 4.98 Å². The minimum Gasteiger partial charge on any atom is -0.867 e. The number of aliphatic imine (C=N–C) groups is 1. The number of fused-ring (bicyclic) bond motifs is 1. The molecule has 0 radical (unpaired) electrons. The summed E-state index contributed by atoms with van der Waals surface area (Å²) in [6, 6.07) is 25.6. The van der Waals surface area contributed by atoms with Crippen LogP contribution < -0.4 is 5.11 Å². The van der Waals surface area contributed by atoms with E-state index in [4.69, 9.17) is 4.42 Å². The molecule has 35 heavy (non-hydrogen) atoms. The molecule has 7 nitrogen and oxygen atoms in total. The monoisotopic (exact) mass is 462 g/mol. The molecule has 0 unspecified atom stereocenters. The van der Waals surface area contributed by atoms with Gasteiger partial charge in [0.1, 0.15) is 5.52 Å². The van der Waals surface area contributed by atoms with Crippen molar-refractivity contribution in [2.45, 2.75) is 13.3 Å². The maximum Gasteiger partial charge on any atom is 0.262 e. The molecule has 0 aliphatic rings. The molecular weight excluding hydrogens is 442 g/mol. The van der Waals surface area contributed by atoms with Gasteiger partial charge in [-0.3, -0.25) is 15.1 Å². The van der Waals surface area contributed by atoms with Crippen LogP contribution in [0.2, 0.25) is 0 Å². The van der Waals surface area contributed by atoms with Crippen LogP contribution in [0.3, 0.4) is 0 Å². The molecule has 0 aliphatic heterocycles. The Kier molecular flexibility index (Phi) is 5.81. The number of benzene rings is 4. The highest BCUT2D eigenvalue weighted by molar-refractivity contribution is 5.88. The first-order chi connectivity index (χ1) is 17.0. The predicted molar refractivity (Wildman–Crippen MR) is 133 cm³/mol. The highest BCUT2D eigenvalue weighted by Crippen LogP contribution is 2.31. The lowest BCUT2D eigenvalue weighted by Crippen LogP contribution is -2.04. The fourth-order valence-corrected chi connectivity index (χ4v) is 3.88. The fourth-order valence-electron chi connectivity index (χ4n) is 3.88. The van der Waals surface area contributed by atoms with Crippen LogP contribution in [-0.4, -0.2) is 16.1 Å². The maximum absolute atomic E-state index is 12.7. The van der Waals surface area contributed by atoms with Crippen molar-refractivity contribution in [1.29, 1.82) is 0 Å². The van der Waals surface area contributed by atoms with Crippen LogP contribution in [-0.2, 0) is 6.42 Å². The normalized spacial score (nSPS) is 11.3. The van der Waals surface area contributed by atoms with E-state index in [0.29, 0.717) is 29.1 Å². The Morgan fingerprint density at radius 1 is 0.971 bits per heavy atom. The van der Waals surface area contributed by atoms with Gasteiger partial charge in [-0.2, -0.15) is 0 Å². The summed E-state index contributed by atoms with van der Waals surface area (Å²) in [7, 11) is 0. The topological polar surface area (TPSA) is 105 Å². The van der Waals surface area contributed by atoms with E-state index in [0.717, 1.165) is 22.2 Å². The highest BCUT2D eigenvalue weighted by Gasteiger charge is 2.13. The Labute approximate surface area is 201 Å². The van der Waals surface area contributed by atoms with E-state index in [2.05, 4.69) is 9.98 Å². The first-order valence-electron chi connectivity index (χ1n) is 11.0. The molecule has 7 heteroatoms. The van der Waals surface area contributed by atoms with E-state index < -0.39 is 16.4 Å². The molecule has 0 bridgehead atoms. The van der Waals surface area contributed by atoms with Gasteiger partial charge in [0.05, 0.1) is 10.6 Å². The van der Waals surface area contributed by atoms with Gasteiger partial charge in [-0.1, -0.05) is 42.5 Å². The van der Waals surface area contributed by atoms with E-state index in [-0.39, 0.29) is 5.56 Å². The first kappa shape index (κ1) is 22.0. The number of nitro benzene ring substituents is 1. The van der Waals surface area contributed by atoms with Crippen LogP contribution in [0.25, 0.3) is 22.6 Å². The number of nitro groups is 1. The molecule has 4 aromatic carbocycles. The molecule has 1 heterocycles. The molecule has 1 aromatic heterocycles. The van der Waals surface area contributed by atoms with E-state index in [1.807, 2.05) is 67.6 Å². The average Bonchev–Trinajstić information content (AvgIpc) is 3.28. The van der Waals surface area contributed by atoms with Gasteiger partial charge in [0.25, 0.3) is 5.69 Å². The summed E-state index contributed by atoms with van der Waals surface area (Å²) in [5.74, 6) is -0.200. The zero-order valence-electron chi connectivity index (χ0n) is 18.8. The number of hydrogen-bond donors (Lipinski definition) is 0. The maximum atomic E-state index is 12.7. The molecule has 5 aromatic rings. The number of aryl methyl sites for hydroxylation is 1. The summed E-state index contributed by atoms with van der Waals surface area (Å²) in [4.78, 5) is 19.8. The van der Waals surface area contributed by atoms with Gasteiger partial charge >= 0.3 is 0 Å². The molecule has 0 saturated carbocycles. The number of hydrogen-bond acceptors (Lipinski definition) is 6. The van der Waals surface area contributed by atoms with Crippen molar-refractivity contribution in [3.8, 4) is 17.2 Å². The Balaban J connectivity index is 1.47. The van der Waals surface area contributed by atoms with Gasteiger partial charge in [0.2, 0.25) is 5.89 Å². The van der Waals surface area contributed by atoms with Crippen molar-refractivity contribution >= 4 is 28.7 Å². The highest BCUT2D eigenvalue weighted by atomic mass is 16.6. The van der Waals surface area contributed by atoms with Crippen molar-refractivity contribution < 1.29 is 14.4 Å². The van der Waals surface area contributed by atoms with Gasteiger partial charge in [-0.25, -0.2) is 4.98 Å². The molecule has 0 amide bonds. The molecule has 5 rings (SSSR count). The molecule has 0 atom stereocenters. The molecule has 172 valence electrons. The molecule has 0 aliphatic carbocycles. The first-order valence-corrected chi connectivity index (χ1v) is 11.0. The lowest BCUT2D eigenvalue weighted by Gasteiger charge is -2.13. The van der Waals surface area contributed by atoms with Crippen molar-refractivity contribution in [2.24, 2.45) is 4.99 Å². The summed E-state index contributed by atoms with van der Waals surface area (Å²) in [6.07, 6.45) is 1.84. The summed E-state index contributed by atoms with van der Waals surface area (Å²) in [6.45, 7) is 1.99. The number of aromatic nitrogens is 1. The van der Waals surface area contributed by atoms with Crippen LogP contribution in [0, 0.1) is 17.0 Å². The molecule has 0 N–H and O–H groups in total. The average molecular weight is 462 g/mol. The van der Waals surface area contributed by atoms with Crippen LogP contribution in [0.15, 0.2) is 94.3 Å². The molecular formula is C28H20N3O4-. The van der Waals surface area contributed by atoms with E-state index in [1.165, 1.54) is 12.3 Å². The summed E-state index contributed by atoms with van der Waals surface area (Å²) < 4.78 is 5.90. The van der Waals surface area contributed by atoms with Gasteiger partial charge in [0, 0.05) is 17.8 Å². The second kappa shape index (κ2) is 9.23. The van der Waals surface area contributed by atoms with Gasteiger partial charge in [-0.15, -0.1) is 0 Å². The Hall–Kier alpha value is -4.78. The Bertz CT molecular complexity index is 1570. The summed E-state index contributed by atoms with van der Waals surface area (Å²) in [5.41, 5.74) is 5.20. The third-order valence-corrected chi connectivity index (χ3v) is 5.60. The van der Waals surface area contributed by atoms with Crippen LogP contribution >= 0.6 is 0 Å². The van der Waals surface area contributed by atoms with E-state index >= 15 is 0 Å². The van der Waals surface area contributed by atoms with Crippen LogP contribution in [0.5, 0.6) is 5.75 Å². The second-order valence-corrected chi connectivity index (χ2v) is 8.25. The van der Waals surface area contributed by atoms with Crippen molar-refractivity contribution in [2.75, 3.05) is 0 Å². The smallest absolute Gasteiger partial charge is 0.262 e. The minimum atomic E-state index is -0.666. The molecule has 0 saturated heterocycles. The third-order valence-electron chi connectivity index (χ3n) is 5.60. The van der Waals surface area contributed by atoms with Crippen LogP contribution in [0.1, 0.15) is 22.3 Å². The van der Waals surface area contributed by atoms with Crippen LogP contribution in [0.4, 0.5) is 11.4 Å². The van der Waals surface area contributed by atoms with Gasteiger partial charge < -0.3 is 9.52 Å². The fraction of sp³-hybridized carbons (Fsp3) is 0.0714. The number of rotatable bonds is 6. The Morgan fingerprint density at radius 2 is 1.80 bits per heavy atom. The predicted octanol–water partition coefficient (Wildman–Crippen LogP) is 6.13. The SMILES string of the molecule is Cc1ccc2nc(-c3cccc(N=Cc4cc(Cc5ccccc5)cc([N+](=O)[O-])c4[O-])c3)oc2c1. The molecule has 0 fully saturated rings. The Morgan fingerprint density at radius 3 is 2.60 bits per heavy atom. The largest absolute Gasteiger partial charge is 0.867 e. The quantitative estimate of drug-likeness (QED) is 0.172. The standard InChI is InChI=1S/C28H21N3O4/c1-18-10-11-24-26(12-18)35-28(30-24)21-8-5-9-23(16-21)29-17-22-14-20(13-19-6-3-2-4-7-19)15-25(27(22)32)31(33)34/h2-12,14-17,32H,13H2,1H3/p-1. The third kappa shape index (κ3) is 4.79. The lowest BCUT2D eigenvalue weighted by molar-refractivity contribution is -0.398. The van der Waals surface area contributed by atoms with Gasteiger partial charge in [0.15, 0.2) is 5.58 Å². The van der Waals surface area contributed by atoms with Crippen molar-refractivity contribution in [3.05, 3.63) is 117 Å². The number of oxazole rings is 1. The zero-order chi connectivity index (χ0) is 24.4. The minimum absolute atomic E-state index is 0.160. The lowest BCUT2D eigenvalue weighted by atomic mass is 10.0. The van der Waals surface area contributed by atoms with E-state index in [1.54, 1.807) is 18.2 Å². The van der Waals surface area contributed by atoms with Gasteiger partial charge in [-0.05, 0) is 77.7 Å². The number of nitrogens with zero attached hydrogens (tertiary/aromatic N) is 3. The zero-order valence-corrected chi connectivity index (χ0v) is 18.8. The van der Waals surface area contributed by atoms with Crippen molar-refractivity contribution in [3.63, 3.8) is 0 Å².